The van der Waals surface area contributed by atoms with E-state index in [-0.39, 0.29) is 17.4 Å². The fraction of sp³-hybridized carbons (Fsp3) is 0.231. The first-order valence-electron chi connectivity index (χ1n) is 6.31. The van der Waals surface area contributed by atoms with Gasteiger partial charge in [-0.15, -0.1) is 13.2 Å². The van der Waals surface area contributed by atoms with Gasteiger partial charge in [-0.05, 0) is 12.1 Å². The van der Waals surface area contributed by atoms with Gasteiger partial charge in [-0.1, -0.05) is 12.1 Å². The average Bonchev–Trinajstić information content (AvgIpc) is 2.92. The van der Waals surface area contributed by atoms with Crippen molar-refractivity contribution in [2.75, 3.05) is 11.9 Å². The number of rotatable bonds is 5. The van der Waals surface area contributed by atoms with Crippen LogP contribution in [0, 0.1) is 0 Å². The van der Waals surface area contributed by atoms with E-state index in [0.717, 1.165) is 0 Å². The number of nitrogens with zero attached hydrogens (tertiary/aromatic N) is 3. The Balaban J connectivity index is 1.97. The predicted molar refractivity (Wildman–Crippen MR) is 75.5 cm³/mol. The molecule has 1 aromatic carbocycles. The molecular formula is C13H14F3N5O. The Morgan fingerprint density at radius 3 is 2.82 bits per heavy atom. The first-order chi connectivity index (χ1) is 10.4. The van der Waals surface area contributed by atoms with Crippen molar-refractivity contribution in [2.24, 2.45) is 10.7 Å². The van der Waals surface area contributed by atoms with Crippen LogP contribution in [0.3, 0.4) is 0 Å². The fourth-order valence-electron chi connectivity index (χ4n) is 1.67. The Labute approximate surface area is 124 Å². The molecule has 3 N–H and O–H groups in total. The van der Waals surface area contributed by atoms with E-state index in [9.17, 15) is 13.2 Å². The van der Waals surface area contributed by atoms with Gasteiger partial charge in [-0.25, -0.2) is 4.98 Å². The van der Waals surface area contributed by atoms with Crippen molar-refractivity contribution in [3.05, 3.63) is 43.0 Å². The summed E-state index contributed by atoms with van der Waals surface area (Å²) in [5, 5.41) is 2.59. The fourth-order valence-corrected chi connectivity index (χ4v) is 1.67. The highest BCUT2D eigenvalue weighted by Crippen LogP contribution is 2.29. The molecule has 118 valence electrons. The van der Waals surface area contributed by atoms with Crippen LogP contribution < -0.4 is 15.8 Å². The molecule has 0 aliphatic carbocycles. The Morgan fingerprint density at radius 2 is 2.14 bits per heavy atom. The molecule has 0 saturated heterocycles. The molecule has 0 saturated carbocycles. The minimum Gasteiger partial charge on any atom is -0.404 e. The van der Waals surface area contributed by atoms with Crippen molar-refractivity contribution in [3.63, 3.8) is 0 Å². The lowest BCUT2D eigenvalue weighted by Gasteiger charge is -2.14. The van der Waals surface area contributed by atoms with Gasteiger partial charge in [0.2, 0.25) is 0 Å². The molecule has 0 amide bonds. The number of alkyl halides is 3. The van der Waals surface area contributed by atoms with Gasteiger partial charge in [0.1, 0.15) is 0 Å². The summed E-state index contributed by atoms with van der Waals surface area (Å²) in [6, 6.07) is 5.59. The molecule has 2 rings (SSSR count). The van der Waals surface area contributed by atoms with Crippen molar-refractivity contribution < 1.29 is 17.9 Å². The smallest absolute Gasteiger partial charge is 0.404 e. The molecule has 0 spiro atoms. The quantitative estimate of drug-likeness (QED) is 0.655. The summed E-state index contributed by atoms with van der Waals surface area (Å²) in [5.41, 5.74) is 5.74. The number of nitrogens with two attached hydrogens (primary N) is 1. The second kappa shape index (κ2) is 6.83. The number of ether oxygens (including phenoxy) is 1. The molecule has 0 bridgehead atoms. The normalized spacial score (nSPS) is 12.2. The number of halogens is 3. The maximum atomic E-state index is 12.3. The summed E-state index contributed by atoms with van der Waals surface area (Å²) in [4.78, 5) is 7.91. The number of hydrogen-bond donors (Lipinski definition) is 2. The van der Waals surface area contributed by atoms with Gasteiger partial charge >= 0.3 is 6.36 Å². The van der Waals surface area contributed by atoms with E-state index in [4.69, 9.17) is 5.73 Å². The minimum absolute atomic E-state index is 0.00154. The monoisotopic (exact) mass is 313 g/mol. The van der Waals surface area contributed by atoms with Crippen LogP contribution >= 0.6 is 0 Å². The third-order valence-electron chi connectivity index (χ3n) is 2.58. The molecule has 0 unspecified atom stereocenters. The zero-order valence-corrected chi connectivity index (χ0v) is 11.4. The maximum Gasteiger partial charge on any atom is 0.573 e. The van der Waals surface area contributed by atoms with Gasteiger partial charge in [0.25, 0.3) is 0 Å². The minimum atomic E-state index is -4.77. The average molecular weight is 313 g/mol. The molecule has 1 aromatic heterocycles. The Hall–Kier alpha value is -2.71. The van der Waals surface area contributed by atoms with Gasteiger partial charge < -0.3 is 20.4 Å². The van der Waals surface area contributed by atoms with Crippen molar-refractivity contribution >= 4 is 11.6 Å². The van der Waals surface area contributed by atoms with E-state index < -0.39 is 6.36 Å². The molecule has 0 aliphatic rings. The Morgan fingerprint density at radius 1 is 1.36 bits per heavy atom. The lowest BCUT2D eigenvalue weighted by atomic mass is 10.3. The van der Waals surface area contributed by atoms with Crippen molar-refractivity contribution in [2.45, 2.75) is 12.9 Å². The van der Waals surface area contributed by atoms with Gasteiger partial charge in [0.05, 0.1) is 18.6 Å². The van der Waals surface area contributed by atoms with E-state index in [1.165, 1.54) is 18.2 Å². The van der Waals surface area contributed by atoms with Gasteiger partial charge in [0, 0.05) is 18.9 Å². The highest BCUT2D eigenvalue weighted by Gasteiger charge is 2.32. The van der Waals surface area contributed by atoms with Crippen LogP contribution in [-0.2, 0) is 6.54 Å². The Kier molecular flexibility index (Phi) is 4.87. The van der Waals surface area contributed by atoms with E-state index in [0.29, 0.717) is 13.1 Å². The number of imidazole rings is 1. The maximum absolute atomic E-state index is 12.3. The standard InChI is InChI=1S/C13H14F3N5O/c14-13(15,16)22-11-4-2-1-3-10(11)20-12(17)19-6-8-21-7-5-18-9-21/h1-5,7,9H,6,8H2,(H3,17,19,20). The summed E-state index contributed by atoms with van der Waals surface area (Å²) in [6.45, 7) is 0.917. The van der Waals surface area contributed by atoms with Crippen molar-refractivity contribution in [1.82, 2.24) is 9.55 Å². The number of aliphatic imine (C=N–C) groups is 1. The molecule has 22 heavy (non-hydrogen) atoms. The number of guanidine groups is 1. The number of benzene rings is 1. The first-order valence-corrected chi connectivity index (χ1v) is 6.31. The molecule has 6 nitrogen and oxygen atoms in total. The zero-order valence-electron chi connectivity index (χ0n) is 11.4. The highest BCUT2D eigenvalue weighted by molar-refractivity contribution is 5.93. The summed E-state index contributed by atoms with van der Waals surface area (Å²) in [7, 11) is 0. The largest absolute Gasteiger partial charge is 0.573 e. The number of aromatic nitrogens is 2. The van der Waals surface area contributed by atoms with Crippen LogP contribution in [0.15, 0.2) is 48.0 Å². The van der Waals surface area contributed by atoms with E-state index in [1.54, 1.807) is 29.4 Å². The number of nitrogens with one attached hydrogen (secondary N) is 1. The number of hydrogen-bond acceptors (Lipinski definition) is 3. The number of para-hydroxylation sites is 2. The highest BCUT2D eigenvalue weighted by atomic mass is 19.4. The van der Waals surface area contributed by atoms with Crippen LogP contribution in [0.25, 0.3) is 0 Å². The van der Waals surface area contributed by atoms with E-state index in [2.05, 4.69) is 20.0 Å². The SMILES string of the molecule is NC(=NCCn1ccnc1)Nc1ccccc1OC(F)(F)F. The lowest BCUT2D eigenvalue weighted by molar-refractivity contribution is -0.274. The zero-order chi connectivity index (χ0) is 16.0. The molecular weight excluding hydrogens is 299 g/mol. The van der Waals surface area contributed by atoms with Crippen LogP contribution in [-0.4, -0.2) is 28.4 Å². The first kappa shape index (κ1) is 15.7. The number of anilines is 1. The Bertz CT molecular complexity index is 625. The van der Waals surface area contributed by atoms with Crippen LogP contribution in [0.4, 0.5) is 18.9 Å². The topological polar surface area (TPSA) is 77.5 Å². The van der Waals surface area contributed by atoms with Gasteiger partial charge in [-0.2, -0.15) is 0 Å². The molecule has 0 atom stereocenters. The molecule has 0 fully saturated rings. The molecule has 0 radical (unpaired) electrons. The molecule has 2 aromatic rings. The van der Waals surface area contributed by atoms with Crippen LogP contribution in [0.1, 0.15) is 0 Å². The predicted octanol–water partition coefficient (Wildman–Crippen LogP) is 2.21. The van der Waals surface area contributed by atoms with Gasteiger partial charge in [-0.3, -0.25) is 4.99 Å². The summed E-state index contributed by atoms with van der Waals surface area (Å²) < 4.78 is 42.6. The third kappa shape index (κ3) is 5.00. The van der Waals surface area contributed by atoms with E-state index in [1.807, 2.05) is 0 Å². The van der Waals surface area contributed by atoms with Crippen molar-refractivity contribution in [1.29, 1.82) is 0 Å². The molecule has 0 aliphatic heterocycles. The van der Waals surface area contributed by atoms with Gasteiger partial charge in [0.15, 0.2) is 11.7 Å². The molecule has 1 heterocycles. The van der Waals surface area contributed by atoms with E-state index >= 15 is 0 Å². The summed E-state index contributed by atoms with van der Waals surface area (Å²) in [5.74, 6) is -0.374. The molecule has 9 heteroatoms. The lowest BCUT2D eigenvalue weighted by Crippen LogP contribution is -2.25. The summed E-state index contributed by atoms with van der Waals surface area (Å²) >= 11 is 0. The second-order valence-corrected chi connectivity index (χ2v) is 4.24. The van der Waals surface area contributed by atoms with Crippen LogP contribution in [0.5, 0.6) is 5.75 Å². The third-order valence-corrected chi connectivity index (χ3v) is 2.58. The van der Waals surface area contributed by atoms with Crippen LogP contribution in [0.2, 0.25) is 0 Å². The summed E-state index contributed by atoms with van der Waals surface area (Å²) in [6.07, 6.45) is 0.262. The van der Waals surface area contributed by atoms with Crippen molar-refractivity contribution in [3.8, 4) is 5.75 Å². The second-order valence-electron chi connectivity index (χ2n) is 4.24.